The van der Waals surface area contributed by atoms with E-state index in [-0.39, 0.29) is 6.42 Å². The molecule has 0 spiro atoms. The van der Waals surface area contributed by atoms with E-state index in [1.807, 2.05) is 0 Å². The zero-order chi connectivity index (χ0) is 8.91. The largest absolute Gasteiger partial charge is 0.478 e. The normalized spacial score (nSPS) is 12.3. The first-order valence-corrected chi connectivity index (χ1v) is 2.88. The van der Waals surface area contributed by atoms with Crippen LogP contribution in [0.3, 0.4) is 0 Å². The molecule has 0 aliphatic carbocycles. The number of halogens is 3. The number of hydrogen-bond donors (Lipinski definition) is 1. The van der Waals surface area contributed by atoms with Gasteiger partial charge < -0.3 is 5.11 Å². The molecule has 0 rings (SSSR count). The van der Waals surface area contributed by atoms with Crippen molar-refractivity contribution in [2.75, 3.05) is 0 Å². The molecule has 0 aliphatic heterocycles. The minimum absolute atomic E-state index is 0.282. The number of alkyl halides is 3. The second kappa shape index (κ2) is 4.00. The van der Waals surface area contributed by atoms with Gasteiger partial charge in [0.2, 0.25) is 0 Å². The summed E-state index contributed by atoms with van der Waals surface area (Å²) in [7, 11) is 0. The minimum atomic E-state index is -4.21. The number of carboxylic acid groups (broad SMARTS) is 1. The Kier molecular flexibility index (Phi) is 3.64. The van der Waals surface area contributed by atoms with Crippen LogP contribution in [-0.2, 0) is 4.79 Å². The fraction of sp³-hybridized carbons (Fsp3) is 0.500. The predicted molar refractivity (Wildman–Crippen MR) is 32.1 cm³/mol. The Morgan fingerprint density at radius 3 is 2.36 bits per heavy atom. The molecule has 1 N–H and O–H groups in total. The smallest absolute Gasteiger partial charge is 0.389 e. The molecule has 0 radical (unpaired) electrons. The van der Waals surface area contributed by atoms with Crippen molar-refractivity contribution in [1.82, 2.24) is 0 Å². The van der Waals surface area contributed by atoms with Crippen molar-refractivity contribution in [3.63, 3.8) is 0 Å². The number of allylic oxidation sites excluding steroid dienone is 1. The van der Waals surface area contributed by atoms with Crippen LogP contribution in [0.4, 0.5) is 13.2 Å². The molecular weight excluding hydrogens is 161 g/mol. The van der Waals surface area contributed by atoms with Gasteiger partial charge in [-0.2, -0.15) is 13.2 Å². The summed E-state index contributed by atoms with van der Waals surface area (Å²) in [6.07, 6.45) is -3.78. The van der Waals surface area contributed by atoms with Gasteiger partial charge in [-0.1, -0.05) is 6.08 Å². The van der Waals surface area contributed by atoms with Crippen LogP contribution in [0, 0.1) is 0 Å². The Balaban J connectivity index is 3.50. The van der Waals surface area contributed by atoms with Gasteiger partial charge in [0, 0.05) is 12.5 Å². The molecule has 0 heterocycles. The molecular formula is C6H7F3O2. The van der Waals surface area contributed by atoms with Crippen molar-refractivity contribution in [3.8, 4) is 0 Å². The Labute approximate surface area is 61.3 Å². The maximum atomic E-state index is 11.4. The molecule has 2 nitrogen and oxygen atoms in total. The lowest BCUT2D eigenvalue weighted by Gasteiger charge is -2.01. The summed E-state index contributed by atoms with van der Waals surface area (Å²) < 4.78 is 34.2. The first-order valence-electron chi connectivity index (χ1n) is 2.88. The summed E-state index contributed by atoms with van der Waals surface area (Å²) in [4.78, 5) is 9.76. The lowest BCUT2D eigenvalue weighted by Crippen LogP contribution is -2.05. The van der Waals surface area contributed by atoms with Crippen molar-refractivity contribution < 1.29 is 23.1 Å². The SMILES string of the molecule is O=C(O)C=CCCC(F)(F)F. The van der Waals surface area contributed by atoms with E-state index < -0.39 is 18.6 Å². The van der Waals surface area contributed by atoms with Crippen molar-refractivity contribution in [1.29, 1.82) is 0 Å². The Hall–Kier alpha value is -1.00. The average molecular weight is 168 g/mol. The van der Waals surface area contributed by atoms with Crippen molar-refractivity contribution in [3.05, 3.63) is 12.2 Å². The van der Waals surface area contributed by atoms with Gasteiger partial charge in [-0.25, -0.2) is 4.79 Å². The van der Waals surface area contributed by atoms with Gasteiger partial charge in [0.15, 0.2) is 0 Å². The Bertz CT molecular complexity index is 160. The summed E-state index contributed by atoms with van der Waals surface area (Å²) in [6, 6.07) is 0. The molecule has 0 aromatic heterocycles. The van der Waals surface area contributed by atoms with Crippen LogP contribution in [-0.4, -0.2) is 17.3 Å². The third-order valence-corrected chi connectivity index (χ3v) is 0.855. The lowest BCUT2D eigenvalue weighted by molar-refractivity contribution is -0.134. The predicted octanol–water partition coefficient (Wildman–Crippen LogP) is 1.97. The summed E-state index contributed by atoms with van der Waals surface area (Å²) in [5, 5.41) is 7.97. The number of carboxylic acids is 1. The molecule has 0 aliphatic rings. The first kappa shape index (κ1) is 10.0. The van der Waals surface area contributed by atoms with Crippen LogP contribution in [0.2, 0.25) is 0 Å². The van der Waals surface area contributed by atoms with Gasteiger partial charge in [0.05, 0.1) is 0 Å². The van der Waals surface area contributed by atoms with E-state index in [0.29, 0.717) is 6.08 Å². The standard InChI is InChI=1S/C6H7F3O2/c7-6(8,9)4-2-1-3-5(10)11/h1,3H,2,4H2,(H,10,11). The van der Waals surface area contributed by atoms with Crippen LogP contribution in [0.15, 0.2) is 12.2 Å². The van der Waals surface area contributed by atoms with Gasteiger partial charge >= 0.3 is 12.1 Å². The van der Waals surface area contributed by atoms with Crippen LogP contribution < -0.4 is 0 Å². The molecule has 0 fully saturated rings. The fourth-order valence-corrected chi connectivity index (χ4v) is 0.431. The fourth-order valence-electron chi connectivity index (χ4n) is 0.431. The first-order chi connectivity index (χ1) is 4.92. The summed E-state index contributed by atoms with van der Waals surface area (Å²) >= 11 is 0. The van der Waals surface area contributed by atoms with E-state index in [1.165, 1.54) is 0 Å². The highest BCUT2D eigenvalue weighted by atomic mass is 19.4. The highest BCUT2D eigenvalue weighted by molar-refractivity contribution is 5.79. The van der Waals surface area contributed by atoms with Crippen LogP contribution in [0.25, 0.3) is 0 Å². The van der Waals surface area contributed by atoms with Gasteiger partial charge in [0.1, 0.15) is 0 Å². The maximum absolute atomic E-state index is 11.4. The van der Waals surface area contributed by atoms with E-state index in [0.717, 1.165) is 6.08 Å². The molecule has 0 aromatic rings. The molecule has 0 amide bonds. The number of carbonyl (C=O) groups is 1. The molecule has 0 aromatic carbocycles. The second-order valence-electron chi connectivity index (χ2n) is 1.89. The zero-order valence-electron chi connectivity index (χ0n) is 5.56. The summed E-state index contributed by atoms with van der Waals surface area (Å²) in [6.45, 7) is 0. The van der Waals surface area contributed by atoms with Crippen LogP contribution in [0.5, 0.6) is 0 Å². The topological polar surface area (TPSA) is 37.3 Å². The Morgan fingerprint density at radius 2 is 2.00 bits per heavy atom. The van der Waals surface area contributed by atoms with E-state index in [2.05, 4.69) is 0 Å². The molecule has 11 heavy (non-hydrogen) atoms. The van der Waals surface area contributed by atoms with Crippen molar-refractivity contribution >= 4 is 5.97 Å². The van der Waals surface area contributed by atoms with Crippen LogP contribution in [0.1, 0.15) is 12.8 Å². The van der Waals surface area contributed by atoms with E-state index in [1.54, 1.807) is 0 Å². The minimum Gasteiger partial charge on any atom is -0.478 e. The third kappa shape index (κ3) is 9.00. The Morgan fingerprint density at radius 1 is 1.45 bits per heavy atom. The van der Waals surface area contributed by atoms with E-state index >= 15 is 0 Å². The quantitative estimate of drug-likeness (QED) is 0.654. The maximum Gasteiger partial charge on any atom is 0.389 e. The highest BCUT2D eigenvalue weighted by Gasteiger charge is 2.25. The molecule has 0 saturated heterocycles. The molecule has 0 bridgehead atoms. The van der Waals surface area contributed by atoms with E-state index in [9.17, 15) is 18.0 Å². The summed E-state index contributed by atoms with van der Waals surface area (Å²) in [5.74, 6) is -1.23. The van der Waals surface area contributed by atoms with Crippen molar-refractivity contribution in [2.24, 2.45) is 0 Å². The highest BCUT2D eigenvalue weighted by Crippen LogP contribution is 2.21. The van der Waals surface area contributed by atoms with Crippen molar-refractivity contribution in [2.45, 2.75) is 19.0 Å². The third-order valence-electron chi connectivity index (χ3n) is 0.855. The molecule has 0 atom stereocenters. The molecule has 0 saturated carbocycles. The monoisotopic (exact) mass is 168 g/mol. The second-order valence-corrected chi connectivity index (χ2v) is 1.89. The number of hydrogen-bond acceptors (Lipinski definition) is 1. The van der Waals surface area contributed by atoms with Gasteiger partial charge in [-0.05, 0) is 6.42 Å². The van der Waals surface area contributed by atoms with Crippen LogP contribution >= 0.6 is 0 Å². The van der Waals surface area contributed by atoms with Gasteiger partial charge in [-0.15, -0.1) is 0 Å². The zero-order valence-corrected chi connectivity index (χ0v) is 5.56. The van der Waals surface area contributed by atoms with Gasteiger partial charge in [-0.3, -0.25) is 0 Å². The molecule has 64 valence electrons. The molecule has 5 heteroatoms. The number of rotatable bonds is 3. The molecule has 0 unspecified atom stereocenters. The van der Waals surface area contributed by atoms with E-state index in [4.69, 9.17) is 5.11 Å². The summed E-state index contributed by atoms with van der Waals surface area (Å²) in [5.41, 5.74) is 0. The number of aliphatic carboxylic acids is 1. The average Bonchev–Trinajstić information content (AvgIpc) is 1.78. The lowest BCUT2D eigenvalue weighted by atomic mass is 10.3. The van der Waals surface area contributed by atoms with Gasteiger partial charge in [0.25, 0.3) is 0 Å².